The van der Waals surface area contributed by atoms with Crippen LogP contribution < -0.4 is 0 Å². The van der Waals surface area contributed by atoms with Crippen molar-refractivity contribution in [1.29, 1.82) is 0 Å². The second-order valence-corrected chi connectivity index (χ2v) is 3.11. The maximum Gasteiger partial charge on any atom is 0.0898 e. The SMILES string of the molecule is CCC(O)c1scnc1C. The highest BCUT2D eigenvalue weighted by atomic mass is 32.1. The van der Waals surface area contributed by atoms with Gasteiger partial charge < -0.3 is 5.11 Å². The highest BCUT2D eigenvalue weighted by Gasteiger charge is 2.09. The molecule has 2 nitrogen and oxygen atoms in total. The summed E-state index contributed by atoms with van der Waals surface area (Å²) in [5.74, 6) is 0. The molecule has 0 aromatic carbocycles. The lowest BCUT2D eigenvalue weighted by atomic mass is 10.2. The van der Waals surface area contributed by atoms with Crippen LogP contribution in [0.15, 0.2) is 5.51 Å². The van der Waals surface area contributed by atoms with Crippen molar-refractivity contribution < 1.29 is 5.11 Å². The average molecular weight is 157 g/mol. The van der Waals surface area contributed by atoms with E-state index in [1.165, 1.54) is 11.3 Å². The topological polar surface area (TPSA) is 33.1 Å². The molecule has 0 saturated heterocycles. The Morgan fingerprint density at radius 1 is 1.80 bits per heavy atom. The molecule has 3 heteroatoms. The van der Waals surface area contributed by atoms with Crippen LogP contribution in [0.3, 0.4) is 0 Å². The molecule has 0 aliphatic carbocycles. The number of hydrogen-bond acceptors (Lipinski definition) is 3. The van der Waals surface area contributed by atoms with E-state index in [4.69, 9.17) is 0 Å². The van der Waals surface area contributed by atoms with Gasteiger partial charge in [-0.1, -0.05) is 6.92 Å². The van der Waals surface area contributed by atoms with E-state index in [1.54, 1.807) is 5.51 Å². The Morgan fingerprint density at radius 3 is 2.90 bits per heavy atom. The zero-order valence-corrected chi connectivity index (χ0v) is 6.98. The van der Waals surface area contributed by atoms with Gasteiger partial charge in [0.2, 0.25) is 0 Å². The molecule has 1 atom stereocenters. The summed E-state index contributed by atoms with van der Waals surface area (Å²) >= 11 is 1.52. The first-order chi connectivity index (χ1) is 4.75. The van der Waals surface area contributed by atoms with Gasteiger partial charge in [0.05, 0.1) is 22.2 Å². The van der Waals surface area contributed by atoms with E-state index in [9.17, 15) is 5.11 Å². The predicted octanol–water partition coefficient (Wildman–Crippen LogP) is 1.89. The van der Waals surface area contributed by atoms with Gasteiger partial charge in [0.15, 0.2) is 0 Å². The summed E-state index contributed by atoms with van der Waals surface area (Å²) in [6.07, 6.45) is 0.454. The van der Waals surface area contributed by atoms with Crippen LogP contribution in [0, 0.1) is 6.92 Å². The summed E-state index contributed by atoms with van der Waals surface area (Å²) in [5.41, 5.74) is 2.73. The lowest BCUT2D eigenvalue weighted by Gasteiger charge is -2.03. The standard InChI is InChI=1S/C7H11NOS/c1-3-6(9)7-5(2)8-4-10-7/h4,6,9H,3H2,1-2H3. The predicted molar refractivity (Wildman–Crippen MR) is 42.1 cm³/mol. The molecule has 1 heterocycles. The molecule has 0 amide bonds. The van der Waals surface area contributed by atoms with Crippen molar-refractivity contribution in [2.24, 2.45) is 0 Å². The van der Waals surface area contributed by atoms with E-state index in [1.807, 2.05) is 13.8 Å². The number of nitrogens with zero attached hydrogens (tertiary/aromatic N) is 1. The molecule has 0 fully saturated rings. The molecule has 56 valence electrons. The Morgan fingerprint density at radius 2 is 2.50 bits per heavy atom. The lowest BCUT2D eigenvalue weighted by molar-refractivity contribution is 0.176. The van der Waals surface area contributed by atoms with Crippen molar-refractivity contribution in [3.63, 3.8) is 0 Å². The maximum atomic E-state index is 9.37. The van der Waals surface area contributed by atoms with Crippen molar-refractivity contribution in [1.82, 2.24) is 4.98 Å². The third-order valence-corrected chi connectivity index (χ3v) is 2.50. The van der Waals surface area contributed by atoms with E-state index in [-0.39, 0.29) is 6.10 Å². The van der Waals surface area contributed by atoms with E-state index in [0.29, 0.717) is 0 Å². The molecule has 1 aromatic heterocycles. The van der Waals surface area contributed by atoms with Crippen molar-refractivity contribution in [3.05, 3.63) is 16.1 Å². The summed E-state index contributed by atoms with van der Waals surface area (Å²) in [4.78, 5) is 5.05. The highest BCUT2D eigenvalue weighted by molar-refractivity contribution is 7.09. The molecular weight excluding hydrogens is 146 g/mol. The normalized spacial score (nSPS) is 13.5. The third-order valence-electron chi connectivity index (χ3n) is 1.47. The molecule has 10 heavy (non-hydrogen) atoms. The Labute approximate surface area is 64.5 Å². The molecule has 0 aliphatic heterocycles. The van der Waals surface area contributed by atoms with E-state index >= 15 is 0 Å². The third kappa shape index (κ3) is 1.36. The fraction of sp³-hybridized carbons (Fsp3) is 0.571. The molecule has 1 N–H and O–H groups in total. The smallest absolute Gasteiger partial charge is 0.0898 e. The van der Waals surface area contributed by atoms with Crippen LogP contribution in [0.4, 0.5) is 0 Å². The number of aromatic nitrogens is 1. The van der Waals surface area contributed by atoms with Crippen LogP contribution in [-0.4, -0.2) is 10.1 Å². The minimum Gasteiger partial charge on any atom is -0.388 e. The van der Waals surface area contributed by atoms with Gasteiger partial charge in [0.25, 0.3) is 0 Å². The number of aliphatic hydroxyl groups is 1. The molecule has 1 rings (SSSR count). The maximum absolute atomic E-state index is 9.37. The largest absolute Gasteiger partial charge is 0.388 e. The Balaban J connectivity index is 2.82. The number of thiazole rings is 1. The fourth-order valence-electron chi connectivity index (χ4n) is 0.816. The minimum atomic E-state index is -0.313. The van der Waals surface area contributed by atoms with E-state index < -0.39 is 0 Å². The number of hydrogen-bond donors (Lipinski definition) is 1. The van der Waals surface area contributed by atoms with E-state index in [0.717, 1.165) is 17.0 Å². The van der Waals surface area contributed by atoms with Gasteiger partial charge in [-0.05, 0) is 13.3 Å². The van der Waals surface area contributed by atoms with Crippen LogP contribution >= 0.6 is 11.3 Å². The van der Waals surface area contributed by atoms with Crippen molar-refractivity contribution in [2.75, 3.05) is 0 Å². The summed E-state index contributed by atoms with van der Waals surface area (Å²) in [7, 11) is 0. The zero-order valence-electron chi connectivity index (χ0n) is 6.16. The van der Waals surface area contributed by atoms with Gasteiger partial charge in [0.1, 0.15) is 0 Å². The van der Waals surface area contributed by atoms with Gasteiger partial charge in [-0.2, -0.15) is 0 Å². The Kier molecular flexibility index (Phi) is 2.40. The van der Waals surface area contributed by atoms with Crippen LogP contribution in [-0.2, 0) is 0 Å². The summed E-state index contributed by atoms with van der Waals surface area (Å²) in [5, 5.41) is 9.37. The number of rotatable bonds is 2. The first-order valence-corrected chi connectivity index (χ1v) is 4.21. The minimum absolute atomic E-state index is 0.313. The second-order valence-electron chi connectivity index (χ2n) is 2.23. The number of aryl methyl sites for hydroxylation is 1. The fourth-order valence-corrected chi connectivity index (χ4v) is 1.69. The lowest BCUT2D eigenvalue weighted by Crippen LogP contribution is -1.93. The zero-order chi connectivity index (χ0) is 7.56. The monoisotopic (exact) mass is 157 g/mol. The molecule has 0 aliphatic rings. The summed E-state index contributed by atoms with van der Waals surface area (Å²) in [6.45, 7) is 3.88. The first-order valence-electron chi connectivity index (χ1n) is 3.33. The molecule has 1 aromatic rings. The van der Waals surface area contributed by atoms with Gasteiger partial charge in [-0.25, -0.2) is 4.98 Å². The molecule has 0 radical (unpaired) electrons. The molecule has 0 spiro atoms. The van der Waals surface area contributed by atoms with Crippen LogP contribution in [0.25, 0.3) is 0 Å². The number of aliphatic hydroxyl groups excluding tert-OH is 1. The first kappa shape index (κ1) is 7.69. The van der Waals surface area contributed by atoms with Crippen LogP contribution in [0.1, 0.15) is 30.0 Å². The Hall–Kier alpha value is -0.410. The summed E-state index contributed by atoms with van der Waals surface area (Å²) < 4.78 is 0. The second kappa shape index (κ2) is 3.12. The van der Waals surface area contributed by atoms with Crippen LogP contribution in [0.5, 0.6) is 0 Å². The molecule has 1 unspecified atom stereocenters. The highest BCUT2D eigenvalue weighted by Crippen LogP contribution is 2.23. The average Bonchev–Trinajstić information content (AvgIpc) is 2.34. The van der Waals surface area contributed by atoms with Gasteiger partial charge in [-0.15, -0.1) is 11.3 Å². The molecule has 0 saturated carbocycles. The molecular formula is C7H11NOS. The van der Waals surface area contributed by atoms with E-state index in [2.05, 4.69) is 4.98 Å². The molecule has 0 bridgehead atoms. The van der Waals surface area contributed by atoms with Gasteiger partial charge in [0, 0.05) is 0 Å². The summed E-state index contributed by atoms with van der Waals surface area (Å²) in [6, 6.07) is 0. The quantitative estimate of drug-likeness (QED) is 0.711. The van der Waals surface area contributed by atoms with Crippen LogP contribution in [0.2, 0.25) is 0 Å². The van der Waals surface area contributed by atoms with Gasteiger partial charge >= 0.3 is 0 Å². The van der Waals surface area contributed by atoms with Crippen molar-refractivity contribution >= 4 is 11.3 Å². The van der Waals surface area contributed by atoms with Gasteiger partial charge in [-0.3, -0.25) is 0 Å². The Bertz CT molecular complexity index is 209. The van der Waals surface area contributed by atoms with Crippen molar-refractivity contribution in [3.8, 4) is 0 Å². The van der Waals surface area contributed by atoms with Crippen molar-refractivity contribution in [2.45, 2.75) is 26.4 Å².